The molecule has 3 aromatic rings. The van der Waals surface area contributed by atoms with Gasteiger partial charge in [-0.25, -0.2) is 4.98 Å². The second-order valence-electron chi connectivity index (χ2n) is 7.91. The van der Waals surface area contributed by atoms with E-state index in [0.29, 0.717) is 48.3 Å². The van der Waals surface area contributed by atoms with E-state index in [-0.39, 0.29) is 24.0 Å². The number of nitro groups is 1. The predicted molar refractivity (Wildman–Crippen MR) is 129 cm³/mol. The number of pyridine rings is 2. The van der Waals surface area contributed by atoms with Crippen molar-refractivity contribution in [1.82, 2.24) is 14.9 Å². The van der Waals surface area contributed by atoms with Crippen LogP contribution in [0.15, 0.2) is 54.9 Å². The Kier molecular flexibility index (Phi) is 7.44. The lowest BCUT2D eigenvalue weighted by Crippen LogP contribution is -2.57. The first-order valence-corrected chi connectivity index (χ1v) is 11.1. The molecule has 0 bridgehead atoms. The van der Waals surface area contributed by atoms with Crippen molar-refractivity contribution in [3.05, 3.63) is 70.7 Å². The Bertz CT molecular complexity index is 1220. The number of aliphatic hydroxyl groups excluding tert-OH is 1. The first-order valence-electron chi connectivity index (χ1n) is 11.1. The van der Waals surface area contributed by atoms with Gasteiger partial charge >= 0.3 is 5.82 Å². The van der Waals surface area contributed by atoms with Gasteiger partial charge in [-0.3, -0.25) is 4.79 Å². The van der Waals surface area contributed by atoms with Gasteiger partial charge in [0.25, 0.3) is 5.91 Å². The highest BCUT2D eigenvalue weighted by Crippen LogP contribution is 2.32. The van der Waals surface area contributed by atoms with Gasteiger partial charge in [-0.1, -0.05) is 0 Å². The molecule has 1 aromatic carbocycles. The Hall–Kier alpha value is -4.45. The van der Waals surface area contributed by atoms with E-state index in [1.54, 1.807) is 42.3 Å². The number of benzene rings is 1. The number of hydrogen-bond acceptors (Lipinski definition) is 10. The second-order valence-corrected chi connectivity index (χ2v) is 7.91. The highest BCUT2D eigenvalue weighted by Gasteiger charge is 2.32. The van der Waals surface area contributed by atoms with Crippen molar-refractivity contribution in [3.63, 3.8) is 0 Å². The lowest BCUT2D eigenvalue weighted by molar-refractivity contribution is -0.389. The molecule has 2 aromatic heterocycles. The summed E-state index contributed by atoms with van der Waals surface area (Å²) in [4.78, 5) is 35.2. The largest absolute Gasteiger partial charge is 0.497 e. The van der Waals surface area contributed by atoms with E-state index in [1.165, 1.54) is 31.6 Å². The van der Waals surface area contributed by atoms with Gasteiger partial charge in [0.05, 0.1) is 38.8 Å². The molecule has 12 heteroatoms. The monoisotopic (exact) mass is 495 g/mol. The number of methoxy groups -OCH3 is 2. The fourth-order valence-electron chi connectivity index (χ4n) is 3.88. The van der Waals surface area contributed by atoms with Crippen LogP contribution in [-0.2, 0) is 0 Å². The zero-order valence-corrected chi connectivity index (χ0v) is 19.7. The number of carbonyl (C=O) groups excluding carboxylic acids is 1. The quantitative estimate of drug-likeness (QED) is 0.366. The van der Waals surface area contributed by atoms with Crippen molar-refractivity contribution >= 4 is 17.4 Å². The maximum atomic E-state index is 13.3. The van der Waals surface area contributed by atoms with Gasteiger partial charge in [-0.05, 0) is 40.2 Å². The standard InChI is InChI=1S/C24H25N5O7/c1-34-18-4-6-19(7-5-18)36-22-13-25-20(11-21(22)35-2)24(31)28-10-9-27(14-17(28)15-30)16-3-8-23(26-12-16)29(32)33/h3-8,11-13,17,30H,9-10,14-15H2,1-2H3. The molecule has 1 unspecified atom stereocenters. The molecule has 3 heterocycles. The zero-order valence-electron chi connectivity index (χ0n) is 19.7. The summed E-state index contributed by atoms with van der Waals surface area (Å²) in [5.41, 5.74) is 0.823. The summed E-state index contributed by atoms with van der Waals surface area (Å²) < 4.78 is 16.4. The van der Waals surface area contributed by atoms with E-state index in [4.69, 9.17) is 14.2 Å². The Balaban J connectivity index is 1.47. The molecule has 0 saturated carbocycles. The minimum Gasteiger partial charge on any atom is -0.497 e. The third kappa shape index (κ3) is 5.28. The Morgan fingerprint density at radius 2 is 1.81 bits per heavy atom. The Morgan fingerprint density at radius 1 is 1.06 bits per heavy atom. The number of hydrogen-bond donors (Lipinski definition) is 1. The molecule has 1 atom stereocenters. The van der Waals surface area contributed by atoms with Crippen molar-refractivity contribution in [1.29, 1.82) is 0 Å². The van der Waals surface area contributed by atoms with E-state index in [2.05, 4.69) is 9.97 Å². The van der Waals surface area contributed by atoms with Crippen molar-refractivity contribution < 1.29 is 29.0 Å². The number of nitrogens with zero attached hydrogens (tertiary/aromatic N) is 5. The first kappa shape index (κ1) is 24.7. The molecule has 188 valence electrons. The number of piperazine rings is 1. The van der Waals surface area contributed by atoms with Crippen LogP contribution in [0.4, 0.5) is 11.5 Å². The number of anilines is 1. The van der Waals surface area contributed by atoms with Crippen molar-refractivity contribution in [2.45, 2.75) is 6.04 Å². The molecule has 1 saturated heterocycles. The Morgan fingerprint density at radius 3 is 2.42 bits per heavy atom. The molecule has 1 N–H and O–H groups in total. The summed E-state index contributed by atoms with van der Waals surface area (Å²) in [6.45, 7) is 0.836. The third-order valence-corrected chi connectivity index (χ3v) is 5.80. The average Bonchev–Trinajstić information content (AvgIpc) is 2.93. The molecular weight excluding hydrogens is 470 g/mol. The van der Waals surface area contributed by atoms with Crippen molar-refractivity contribution in [2.75, 3.05) is 45.4 Å². The number of amides is 1. The van der Waals surface area contributed by atoms with Crippen LogP contribution in [0.3, 0.4) is 0 Å². The van der Waals surface area contributed by atoms with E-state index in [1.807, 2.05) is 4.90 Å². The highest BCUT2D eigenvalue weighted by atomic mass is 16.6. The summed E-state index contributed by atoms with van der Waals surface area (Å²) >= 11 is 0. The van der Waals surface area contributed by atoms with Gasteiger partial charge in [0, 0.05) is 31.8 Å². The van der Waals surface area contributed by atoms with Crippen LogP contribution in [0.2, 0.25) is 0 Å². The number of ether oxygens (including phenoxy) is 3. The Labute approximate surface area is 206 Å². The maximum Gasteiger partial charge on any atom is 0.363 e. The van der Waals surface area contributed by atoms with Gasteiger partial charge < -0.3 is 39.2 Å². The molecule has 1 fully saturated rings. The molecule has 1 aliphatic rings. The molecular formula is C24H25N5O7. The van der Waals surface area contributed by atoms with Crippen LogP contribution in [0.25, 0.3) is 0 Å². The van der Waals surface area contributed by atoms with Crippen molar-refractivity contribution in [3.8, 4) is 23.0 Å². The fourth-order valence-corrected chi connectivity index (χ4v) is 3.88. The van der Waals surface area contributed by atoms with E-state index in [9.17, 15) is 20.0 Å². The summed E-state index contributed by atoms with van der Waals surface area (Å²) in [6.07, 6.45) is 2.83. The minimum atomic E-state index is -0.564. The van der Waals surface area contributed by atoms with Crippen LogP contribution in [0.5, 0.6) is 23.0 Å². The van der Waals surface area contributed by atoms with Crippen LogP contribution in [0.1, 0.15) is 10.5 Å². The summed E-state index contributed by atoms with van der Waals surface area (Å²) in [7, 11) is 3.05. The molecule has 12 nitrogen and oxygen atoms in total. The SMILES string of the molecule is COc1ccc(Oc2cnc(C(=O)N3CCN(c4ccc([N+](=O)[O-])nc4)CC3CO)cc2OC)cc1. The number of aliphatic hydroxyl groups is 1. The van der Waals surface area contributed by atoms with Gasteiger partial charge in [0.2, 0.25) is 0 Å². The summed E-state index contributed by atoms with van der Waals surface area (Å²) in [5.74, 6) is 1.31. The summed E-state index contributed by atoms with van der Waals surface area (Å²) in [6, 6.07) is 10.9. The van der Waals surface area contributed by atoms with Gasteiger partial charge in [-0.2, -0.15) is 0 Å². The second kappa shape index (κ2) is 10.9. The lowest BCUT2D eigenvalue weighted by atomic mass is 10.1. The highest BCUT2D eigenvalue weighted by molar-refractivity contribution is 5.93. The predicted octanol–water partition coefficient (Wildman–Crippen LogP) is 2.52. The van der Waals surface area contributed by atoms with Gasteiger partial charge in [-0.15, -0.1) is 0 Å². The molecule has 36 heavy (non-hydrogen) atoms. The molecule has 4 rings (SSSR count). The summed E-state index contributed by atoms with van der Waals surface area (Å²) in [5, 5.41) is 20.8. The average molecular weight is 495 g/mol. The number of aromatic nitrogens is 2. The first-order chi connectivity index (χ1) is 17.4. The van der Waals surface area contributed by atoms with Crippen molar-refractivity contribution in [2.24, 2.45) is 0 Å². The zero-order chi connectivity index (χ0) is 25.7. The fraction of sp³-hybridized carbons (Fsp3) is 0.292. The molecule has 0 spiro atoms. The number of rotatable bonds is 8. The van der Waals surface area contributed by atoms with Gasteiger partial charge in [0.15, 0.2) is 17.7 Å². The molecule has 0 radical (unpaired) electrons. The van der Waals surface area contributed by atoms with E-state index >= 15 is 0 Å². The number of carbonyl (C=O) groups is 1. The molecule has 1 amide bonds. The third-order valence-electron chi connectivity index (χ3n) is 5.80. The van der Waals surface area contributed by atoms with Crippen LogP contribution >= 0.6 is 0 Å². The van der Waals surface area contributed by atoms with Gasteiger partial charge in [0.1, 0.15) is 17.2 Å². The smallest absolute Gasteiger partial charge is 0.363 e. The van der Waals surface area contributed by atoms with E-state index in [0.717, 1.165) is 0 Å². The van der Waals surface area contributed by atoms with Crippen LogP contribution < -0.4 is 19.1 Å². The van der Waals surface area contributed by atoms with Crippen LogP contribution in [-0.4, -0.2) is 77.3 Å². The minimum absolute atomic E-state index is 0.151. The lowest BCUT2D eigenvalue weighted by Gasteiger charge is -2.41. The molecule has 0 aliphatic carbocycles. The maximum absolute atomic E-state index is 13.3. The molecule has 1 aliphatic heterocycles. The topological polar surface area (TPSA) is 140 Å². The van der Waals surface area contributed by atoms with E-state index < -0.39 is 11.0 Å². The van der Waals surface area contributed by atoms with Crippen LogP contribution in [0, 0.1) is 10.1 Å². The normalized spacial score (nSPS) is 15.4.